The van der Waals surface area contributed by atoms with E-state index in [1.54, 1.807) is 39.2 Å². The third-order valence-corrected chi connectivity index (χ3v) is 7.08. The van der Waals surface area contributed by atoms with Crippen LogP contribution in [-0.4, -0.2) is 53.5 Å². The van der Waals surface area contributed by atoms with Crippen molar-refractivity contribution in [3.63, 3.8) is 0 Å². The largest absolute Gasteiger partial charge is 0.497 e. The SMILES string of the molecule is CCOc1cc(S(C)(=O)=O)c(OCC)cc1CNC(=O)Nc1ccc(OCC)c(C(=O)NCc2ccc(OC)cc2)c1. The first-order valence-corrected chi connectivity index (χ1v) is 15.3. The van der Waals surface area contributed by atoms with E-state index in [0.29, 0.717) is 36.0 Å². The summed E-state index contributed by atoms with van der Waals surface area (Å²) < 4.78 is 46.6. The summed E-state index contributed by atoms with van der Waals surface area (Å²) in [7, 11) is -1.99. The van der Waals surface area contributed by atoms with E-state index < -0.39 is 15.9 Å². The first kappa shape index (κ1) is 32.1. The Hall–Kier alpha value is -4.45. The lowest BCUT2D eigenvalue weighted by Gasteiger charge is -2.17. The fourth-order valence-electron chi connectivity index (χ4n) is 4.01. The standard InChI is InChI=1S/C30H37N3O8S/c1-6-39-25-14-11-22(16-24(25)29(34)31-18-20-9-12-23(38-4)13-10-20)33-30(35)32-19-21-15-27(41-8-3)28(42(5,36)37)17-26(21)40-7-2/h9-17H,6-8,18-19H2,1-5H3,(H,31,34)(H2,32,33,35). The van der Waals surface area contributed by atoms with Gasteiger partial charge in [0, 0.05) is 36.7 Å². The van der Waals surface area contributed by atoms with Crippen molar-refractivity contribution in [2.75, 3.05) is 38.5 Å². The highest BCUT2D eigenvalue weighted by atomic mass is 32.2. The van der Waals surface area contributed by atoms with Gasteiger partial charge in [0.25, 0.3) is 5.91 Å². The molecule has 0 saturated carbocycles. The molecule has 3 amide bonds. The topological polar surface area (TPSA) is 141 Å². The number of urea groups is 1. The zero-order chi connectivity index (χ0) is 30.7. The zero-order valence-electron chi connectivity index (χ0n) is 24.4. The predicted molar refractivity (Wildman–Crippen MR) is 160 cm³/mol. The number of hydrogen-bond donors (Lipinski definition) is 3. The molecule has 226 valence electrons. The van der Waals surface area contributed by atoms with Gasteiger partial charge < -0.3 is 34.9 Å². The van der Waals surface area contributed by atoms with Crippen molar-refractivity contribution in [1.82, 2.24) is 10.6 Å². The molecule has 0 fully saturated rings. The van der Waals surface area contributed by atoms with Crippen LogP contribution in [0.4, 0.5) is 10.5 Å². The van der Waals surface area contributed by atoms with Gasteiger partial charge in [0.1, 0.15) is 27.9 Å². The second-order valence-corrected chi connectivity index (χ2v) is 11.0. The molecule has 0 radical (unpaired) electrons. The fourth-order valence-corrected chi connectivity index (χ4v) is 4.81. The van der Waals surface area contributed by atoms with Crippen LogP contribution >= 0.6 is 0 Å². The summed E-state index contributed by atoms with van der Waals surface area (Å²) in [4.78, 5) is 25.9. The molecular weight excluding hydrogens is 562 g/mol. The number of nitrogens with one attached hydrogen (secondary N) is 3. The van der Waals surface area contributed by atoms with Crippen LogP contribution in [0.5, 0.6) is 23.0 Å². The summed E-state index contributed by atoms with van der Waals surface area (Å²) in [5.41, 5.74) is 2.06. The molecule has 0 aromatic heterocycles. The van der Waals surface area contributed by atoms with Crippen molar-refractivity contribution >= 4 is 27.5 Å². The summed E-state index contributed by atoms with van der Waals surface area (Å²) in [6.07, 6.45) is 1.09. The molecular formula is C30H37N3O8S. The van der Waals surface area contributed by atoms with Crippen LogP contribution in [0.25, 0.3) is 0 Å². The van der Waals surface area contributed by atoms with Crippen LogP contribution in [0.1, 0.15) is 42.3 Å². The maximum Gasteiger partial charge on any atom is 0.319 e. The highest BCUT2D eigenvalue weighted by molar-refractivity contribution is 7.90. The Kier molecular flexibility index (Phi) is 11.4. The van der Waals surface area contributed by atoms with Crippen LogP contribution in [0.15, 0.2) is 59.5 Å². The van der Waals surface area contributed by atoms with Gasteiger partial charge in [-0.3, -0.25) is 4.79 Å². The molecule has 12 heteroatoms. The molecule has 0 atom stereocenters. The first-order chi connectivity index (χ1) is 20.1. The Morgan fingerprint density at radius 3 is 2.02 bits per heavy atom. The summed E-state index contributed by atoms with van der Waals surface area (Å²) >= 11 is 0. The van der Waals surface area contributed by atoms with Gasteiger partial charge in [-0.25, -0.2) is 13.2 Å². The molecule has 3 aromatic rings. The number of sulfone groups is 1. The van der Waals surface area contributed by atoms with E-state index in [2.05, 4.69) is 16.0 Å². The van der Waals surface area contributed by atoms with E-state index in [9.17, 15) is 18.0 Å². The smallest absolute Gasteiger partial charge is 0.319 e. The zero-order valence-corrected chi connectivity index (χ0v) is 25.2. The normalized spacial score (nSPS) is 10.9. The predicted octanol–water partition coefficient (Wildman–Crippen LogP) is 4.55. The van der Waals surface area contributed by atoms with E-state index in [4.69, 9.17) is 18.9 Å². The van der Waals surface area contributed by atoms with E-state index in [1.807, 2.05) is 31.2 Å². The van der Waals surface area contributed by atoms with Gasteiger partial charge in [0.15, 0.2) is 9.84 Å². The number of anilines is 1. The maximum atomic E-state index is 13.1. The number of ether oxygens (including phenoxy) is 4. The Bertz CT molecular complexity index is 1490. The molecule has 0 bridgehead atoms. The average molecular weight is 600 g/mol. The first-order valence-electron chi connectivity index (χ1n) is 13.4. The van der Waals surface area contributed by atoms with Gasteiger partial charge in [-0.05, 0) is 62.7 Å². The van der Waals surface area contributed by atoms with E-state index in [0.717, 1.165) is 17.6 Å². The van der Waals surface area contributed by atoms with Crippen LogP contribution < -0.4 is 34.9 Å². The number of amides is 3. The third kappa shape index (κ3) is 8.77. The van der Waals surface area contributed by atoms with Crippen molar-refractivity contribution < 1.29 is 37.0 Å². The van der Waals surface area contributed by atoms with E-state index in [-0.39, 0.29) is 41.8 Å². The van der Waals surface area contributed by atoms with Crippen LogP contribution in [-0.2, 0) is 22.9 Å². The Morgan fingerprint density at radius 2 is 1.40 bits per heavy atom. The molecule has 3 N–H and O–H groups in total. The molecule has 0 saturated heterocycles. The van der Waals surface area contributed by atoms with E-state index in [1.165, 1.54) is 12.1 Å². The summed E-state index contributed by atoms with van der Waals surface area (Å²) in [6, 6.07) is 14.5. The quantitative estimate of drug-likeness (QED) is 0.245. The lowest BCUT2D eigenvalue weighted by atomic mass is 10.1. The van der Waals surface area contributed by atoms with Crippen molar-refractivity contribution in [1.29, 1.82) is 0 Å². The number of hydrogen-bond acceptors (Lipinski definition) is 8. The van der Waals surface area contributed by atoms with Gasteiger partial charge in [0.05, 0.1) is 32.5 Å². The average Bonchev–Trinajstić information content (AvgIpc) is 2.96. The molecule has 0 aliphatic rings. The van der Waals surface area contributed by atoms with Crippen LogP contribution in [0.2, 0.25) is 0 Å². The van der Waals surface area contributed by atoms with E-state index >= 15 is 0 Å². The molecule has 3 aromatic carbocycles. The highest BCUT2D eigenvalue weighted by Gasteiger charge is 2.20. The van der Waals surface area contributed by atoms with Crippen molar-refractivity contribution in [2.24, 2.45) is 0 Å². The van der Waals surface area contributed by atoms with Gasteiger partial charge in [-0.15, -0.1) is 0 Å². The summed E-state index contributed by atoms with van der Waals surface area (Å²) in [5.74, 6) is 1.23. The van der Waals surface area contributed by atoms with Gasteiger partial charge in [0.2, 0.25) is 0 Å². The lowest BCUT2D eigenvalue weighted by molar-refractivity contribution is 0.0947. The van der Waals surface area contributed by atoms with Gasteiger partial charge in [-0.1, -0.05) is 12.1 Å². The highest BCUT2D eigenvalue weighted by Crippen LogP contribution is 2.33. The van der Waals surface area contributed by atoms with Gasteiger partial charge >= 0.3 is 6.03 Å². The summed E-state index contributed by atoms with van der Waals surface area (Å²) in [5, 5.41) is 8.33. The van der Waals surface area contributed by atoms with Crippen LogP contribution in [0, 0.1) is 0 Å². The molecule has 0 heterocycles. The molecule has 11 nitrogen and oxygen atoms in total. The number of rotatable bonds is 14. The third-order valence-electron chi connectivity index (χ3n) is 5.96. The minimum atomic E-state index is -3.58. The molecule has 0 unspecified atom stereocenters. The number of carbonyl (C=O) groups is 2. The number of carbonyl (C=O) groups excluding carboxylic acids is 2. The monoisotopic (exact) mass is 599 g/mol. The molecule has 0 aliphatic carbocycles. The second-order valence-electron chi connectivity index (χ2n) is 9.03. The minimum Gasteiger partial charge on any atom is -0.497 e. The number of methoxy groups -OCH3 is 1. The Balaban J connectivity index is 1.74. The molecule has 0 aliphatic heterocycles. The second kappa shape index (κ2) is 15.0. The molecule has 0 spiro atoms. The summed E-state index contributed by atoms with van der Waals surface area (Å²) in [6.45, 7) is 6.57. The Labute approximate surface area is 246 Å². The fraction of sp³-hybridized carbons (Fsp3) is 0.333. The maximum absolute atomic E-state index is 13.1. The molecule has 3 rings (SSSR count). The van der Waals surface area contributed by atoms with Crippen molar-refractivity contribution in [3.8, 4) is 23.0 Å². The Morgan fingerprint density at radius 1 is 0.762 bits per heavy atom. The minimum absolute atomic E-state index is 0.00758. The van der Waals surface area contributed by atoms with Crippen molar-refractivity contribution in [2.45, 2.75) is 38.8 Å². The lowest BCUT2D eigenvalue weighted by Crippen LogP contribution is -2.29. The van der Waals surface area contributed by atoms with Crippen LogP contribution in [0.3, 0.4) is 0 Å². The molecule has 42 heavy (non-hydrogen) atoms. The van der Waals surface area contributed by atoms with Gasteiger partial charge in [-0.2, -0.15) is 0 Å². The van der Waals surface area contributed by atoms with Crippen molar-refractivity contribution in [3.05, 3.63) is 71.3 Å². The number of benzene rings is 3.